The minimum Gasteiger partial charge on any atom is -0.350 e. The Labute approximate surface area is 123 Å². The monoisotopic (exact) mass is 276 g/mol. The first-order valence-electron chi connectivity index (χ1n) is 6.83. The Hall–Kier alpha value is -2.75. The highest BCUT2D eigenvalue weighted by Gasteiger charge is 2.00. The average molecular weight is 276 g/mol. The summed E-state index contributed by atoms with van der Waals surface area (Å²) >= 11 is 0. The first-order valence-corrected chi connectivity index (χ1v) is 6.83. The third-order valence-corrected chi connectivity index (χ3v) is 3.24. The lowest BCUT2D eigenvalue weighted by atomic mass is 10.1. The third-order valence-electron chi connectivity index (χ3n) is 3.24. The minimum absolute atomic E-state index is 0.627. The van der Waals surface area contributed by atoms with Gasteiger partial charge in [-0.05, 0) is 30.2 Å². The van der Waals surface area contributed by atoms with E-state index in [1.54, 1.807) is 12.4 Å². The van der Waals surface area contributed by atoms with Crippen LogP contribution in [0.4, 0.5) is 5.95 Å². The van der Waals surface area contributed by atoms with E-state index < -0.39 is 0 Å². The SMILES string of the molecule is Cc1ccc(-c2cnc(NCc3ccncc3)nc2)cc1. The van der Waals surface area contributed by atoms with Crippen LogP contribution >= 0.6 is 0 Å². The summed E-state index contributed by atoms with van der Waals surface area (Å²) in [5.41, 5.74) is 4.54. The van der Waals surface area contributed by atoms with Crippen molar-refractivity contribution < 1.29 is 0 Å². The molecule has 4 heteroatoms. The second kappa shape index (κ2) is 6.13. The molecule has 3 aromatic rings. The molecule has 0 aliphatic heterocycles. The van der Waals surface area contributed by atoms with Crippen LogP contribution in [0.5, 0.6) is 0 Å². The fraction of sp³-hybridized carbons (Fsp3) is 0.118. The number of hydrogen-bond donors (Lipinski definition) is 1. The van der Waals surface area contributed by atoms with Gasteiger partial charge in [-0.1, -0.05) is 29.8 Å². The van der Waals surface area contributed by atoms with Crippen molar-refractivity contribution in [3.8, 4) is 11.1 Å². The highest BCUT2D eigenvalue weighted by molar-refractivity contribution is 5.62. The molecule has 1 aromatic carbocycles. The maximum atomic E-state index is 4.35. The van der Waals surface area contributed by atoms with E-state index in [0.29, 0.717) is 12.5 Å². The molecule has 104 valence electrons. The molecule has 0 saturated heterocycles. The molecule has 1 N–H and O–H groups in total. The Bertz CT molecular complexity index is 691. The van der Waals surface area contributed by atoms with Gasteiger partial charge >= 0.3 is 0 Å². The number of rotatable bonds is 4. The number of aromatic nitrogens is 3. The molecule has 0 radical (unpaired) electrons. The van der Waals surface area contributed by atoms with E-state index in [2.05, 4.69) is 51.5 Å². The largest absolute Gasteiger partial charge is 0.350 e. The topological polar surface area (TPSA) is 50.7 Å². The van der Waals surface area contributed by atoms with Gasteiger partial charge in [-0.2, -0.15) is 0 Å². The number of pyridine rings is 1. The zero-order chi connectivity index (χ0) is 14.5. The molecule has 0 spiro atoms. The smallest absolute Gasteiger partial charge is 0.222 e. The van der Waals surface area contributed by atoms with E-state index >= 15 is 0 Å². The Morgan fingerprint density at radius 2 is 1.52 bits per heavy atom. The van der Waals surface area contributed by atoms with Crippen molar-refractivity contribution in [1.82, 2.24) is 15.0 Å². The number of hydrogen-bond acceptors (Lipinski definition) is 4. The van der Waals surface area contributed by atoms with Crippen LogP contribution < -0.4 is 5.32 Å². The lowest BCUT2D eigenvalue weighted by Gasteiger charge is -2.06. The van der Waals surface area contributed by atoms with E-state index in [1.807, 2.05) is 24.5 Å². The van der Waals surface area contributed by atoms with Crippen molar-refractivity contribution in [1.29, 1.82) is 0 Å². The first kappa shape index (κ1) is 13.2. The molecule has 2 heterocycles. The van der Waals surface area contributed by atoms with Gasteiger partial charge in [0.2, 0.25) is 5.95 Å². The van der Waals surface area contributed by atoms with E-state index in [-0.39, 0.29) is 0 Å². The normalized spacial score (nSPS) is 10.3. The number of nitrogens with one attached hydrogen (secondary N) is 1. The fourth-order valence-electron chi connectivity index (χ4n) is 2.00. The summed E-state index contributed by atoms with van der Waals surface area (Å²) in [7, 11) is 0. The van der Waals surface area contributed by atoms with Crippen LogP contribution in [-0.4, -0.2) is 15.0 Å². The van der Waals surface area contributed by atoms with Gasteiger partial charge in [-0.25, -0.2) is 9.97 Å². The predicted octanol–water partition coefficient (Wildman–Crippen LogP) is 3.46. The fourth-order valence-corrected chi connectivity index (χ4v) is 2.00. The van der Waals surface area contributed by atoms with Gasteiger partial charge in [0.05, 0.1) is 0 Å². The van der Waals surface area contributed by atoms with Crippen LogP contribution in [0.15, 0.2) is 61.2 Å². The Balaban J connectivity index is 1.68. The zero-order valence-corrected chi connectivity index (χ0v) is 11.8. The molecule has 0 bridgehead atoms. The molecule has 0 unspecified atom stereocenters. The van der Waals surface area contributed by atoms with Crippen molar-refractivity contribution >= 4 is 5.95 Å². The predicted molar refractivity (Wildman–Crippen MR) is 83.8 cm³/mol. The summed E-state index contributed by atoms with van der Waals surface area (Å²) in [6.45, 7) is 2.76. The van der Waals surface area contributed by atoms with E-state index in [1.165, 1.54) is 5.56 Å². The molecule has 0 saturated carbocycles. The molecule has 0 aliphatic carbocycles. The number of anilines is 1. The Morgan fingerprint density at radius 1 is 0.857 bits per heavy atom. The number of benzene rings is 1. The van der Waals surface area contributed by atoms with Crippen molar-refractivity contribution in [2.75, 3.05) is 5.32 Å². The van der Waals surface area contributed by atoms with Gasteiger partial charge in [0.25, 0.3) is 0 Å². The summed E-state index contributed by atoms with van der Waals surface area (Å²) < 4.78 is 0. The van der Waals surface area contributed by atoms with E-state index in [4.69, 9.17) is 0 Å². The molecule has 21 heavy (non-hydrogen) atoms. The molecular formula is C17H16N4. The van der Waals surface area contributed by atoms with E-state index in [0.717, 1.165) is 16.7 Å². The maximum Gasteiger partial charge on any atom is 0.222 e. The standard InChI is InChI=1S/C17H16N4/c1-13-2-4-15(5-3-13)16-11-20-17(21-12-16)19-10-14-6-8-18-9-7-14/h2-9,11-12H,10H2,1H3,(H,19,20,21). The summed E-state index contributed by atoms with van der Waals surface area (Å²) in [5.74, 6) is 0.627. The highest BCUT2D eigenvalue weighted by Crippen LogP contribution is 2.18. The Kier molecular flexibility index (Phi) is 3.87. The molecule has 3 rings (SSSR count). The third kappa shape index (κ3) is 3.42. The van der Waals surface area contributed by atoms with Crippen LogP contribution in [0.3, 0.4) is 0 Å². The second-order valence-corrected chi connectivity index (χ2v) is 4.87. The summed E-state index contributed by atoms with van der Waals surface area (Å²) in [6.07, 6.45) is 7.23. The lowest BCUT2D eigenvalue weighted by Crippen LogP contribution is -2.03. The van der Waals surface area contributed by atoms with Crippen LogP contribution in [0.1, 0.15) is 11.1 Å². The molecule has 0 atom stereocenters. The van der Waals surface area contributed by atoms with Gasteiger partial charge in [0.15, 0.2) is 0 Å². The molecule has 0 fully saturated rings. The molecular weight excluding hydrogens is 260 g/mol. The molecule has 0 amide bonds. The van der Waals surface area contributed by atoms with Gasteiger partial charge in [-0.3, -0.25) is 4.98 Å². The average Bonchev–Trinajstić information content (AvgIpc) is 2.55. The number of nitrogens with zero attached hydrogens (tertiary/aromatic N) is 3. The zero-order valence-electron chi connectivity index (χ0n) is 11.8. The Morgan fingerprint density at radius 3 is 2.19 bits per heavy atom. The highest BCUT2D eigenvalue weighted by atomic mass is 15.1. The summed E-state index contributed by atoms with van der Waals surface area (Å²) in [4.78, 5) is 12.7. The van der Waals surface area contributed by atoms with E-state index in [9.17, 15) is 0 Å². The van der Waals surface area contributed by atoms with Crippen molar-refractivity contribution in [2.45, 2.75) is 13.5 Å². The van der Waals surface area contributed by atoms with Crippen LogP contribution in [0.25, 0.3) is 11.1 Å². The van der Waals surface area contributed by atoms with Gasteiger partial charge < -0.3 is 5.32 Å². The quantitative estimate of drug-likeness (QED) is 0.793. The molecule has 0 aliphatic rings. The lowest BCUT2D eigenvalue weighted by molar-refractivity contribution is 1.05. The molecule has 2 aromatic heterocycles. The van der Waals surface area contributed by atoms with Crippen LogP contribution in [0, 0.1) is 6.92 Å². The van der Waals surface area contributed by atoms with Crippen molar-refractivity contribution in [3.05, 3.63) is 72.3 Å². The van der Waals surface area contributed by atoms with Crippen LogP contribution in [0.2, 0.25) is 0 Å². The van der Waals surface area contributed by atoms with Gasteiger partial charge in [0.1, 0.15) is 0 Å². The number of aryl methyl sites for hydroxylation is 1. The summed E-state index contributed by atoms with van der Waals surface area (Å²) in [5, 5.41) is 3.20. The molecule has 4 nitrogen and oxygen atoms in total. The van der Waals surface area contributed by atoms with Crippen LogP contribution in [-0.2, 0) is 6.54 Å². The second-order valence-electron chi connectivity index (χ2n) is 4.87. The minimum atomic E-state index is 0.627. The first-order chi connectivity index (χ1) is 10.3. The van der Waals surface area contributed by atoms with Crippen molar-refractivity contribution in [2.24, 2.45) is 0 Å². The van der Waals surface area contributed by atoms with Crippen molar-refractivity contribution in [3.63, 3.8) is 0 Å². The van der Waals surface area contributed by atoms with Gasteiger partial charge in [0, 0.05) is 36.9 Å². The summed E-state index contributed by atoms with van der Waals surface area (Å²) in [6, 6.07) is 12.3. The van der Waals surface area contributed by atoms with Gasteiger partial charge in [-0.15, -0.1) is 0 Å². The maximum absolute atomic E-state index is 4.35.